The summed E-state index contributed by atoms with van der Waals surface area (Å²) in [7, 11) is 0. The van der Waals surface area contributed by atoms with Gasteiger partial charge in [-0.1, -0.05) is 109 Å². The van der Waals surface area contributed by atoms with E-state index in [0.29, 0.717) is 72.7 Å². The van der Waals surface area contributed by atoms with Gasteiger partial charge in [0.2, 0.25) is 6.29 Å². The number of phenolic OH excluding ortho intramolecular Hbond substituents is 5. The molecule has 9 aromatic rings. The first-order valence-electron chi connectivity index (χ1n) is 24.7. The molecule has 8 aromatic carbocycles. The molecule has 0 spiro atoms. The number of rotatable bonds is 11. The van der Waals surface area contributed by atoms with Crippen molar-refractivity contribution in [3.05, 3.63) is 214 Å². The normalized spacial score (nSPS) is 22.6. The fourth-order valence-corrected chi connectivity index (χ4v) is 11.0. The van der Waals surface area contributed by atoms with Crippen LogP contribution in [0.2, 0.25) is 0 Å². The van der Waals surface area contributed by atoms with Crippen molar-refractivity contribution >= 4 is 29.1 Å². The fraction of sp³-hybridized carbons (Fsp3) is 0.145. The molecular formula is C62H48O15. The molecular weight excluding hydrogens is 985 g/mol. The lowest BCUT2D eigenvalue weighted by atomic mass is 9.80. The first-order chi connectivity index (χ1) is 37.3. The van der Waals surface area contributed by atoms with Crippen molar-refractivity contribution in [2.24, 2.45) is 0 Å². The molecule has 15 heteroatoms. The van der Waals surface area contributed by atoms with E-state index in [4.69, 9.17) is 23.4 Å². The van der Waals surface area contributed by atoms with E-state index in [1.54, 1.807) is 36.4 Å². The number of aromatic hydroxyl groups is 5. The molecule has 1 saturated heterocycles. The van der Waals surface area contributed by atoms with Gasteiger partial charge >= 0.3 is 5.97 Å². The molecule has 0 bridgehead atoms. The molecule has 9 atom stereocenters. The van der Waals surface area contributed by atoms with Crippen molar-refractivity contribution in [1.82, 2.24) is 0 Å². The summed E-state index contributed by atoms with van der Waals surface area (Å²) < 4.78 is 31.5. The molecule has 3 aliphatic heterocycles. The van der Waals surface area contributed by atoms with E-state index in [-0.39, 0.29) is 34.5 Å². The molecule has 386 valence electrons. The number of hydrogen-bond donors (Lipinski definition) is 9. The Morgan fingerprint density at radius 1 is 0.519 bits per heavy atom. The van der Waals surface area contributed by atoms with Gasteiger partial charge in [0.1, 0.15) is 87.9 Å². The van der Waals surface area contributed by atoms with E-state index in [1.165, 1.54) is 24.3 Å². The van der Waals surface area contributed by atoms with Crippen LogP contribution in [0, 0.1) is 0 Å². The molecule has 4 heterocycles. The predicted molar refractivity (Wildman–Crippen MR) is 282 cm³/mol. The molecule has 0 aliphatic carbocycles. The Morgan fingerprint density at radius 2 is 1.08 bits per heavy atom. The summed E-state index contributed by atoms with van der Waals surface area (Å²) in [5, 5.41) is 97.7. The Labute approximate surface area is 439 Å². The number of furan rings is 1. The second-order valence-corrected chi connectivity index (χ2v) is 19.4. The second kappa shape index (κ2) is 19.5. The Balaban J connectivity index is 0.982. The number of carbonyl (C=O) groups is 1. The van der Waals surface area contributed by atoms with E-state index in [9.17, 15) is 50.8 Å². The van der Waals surface area contributed by atoms with Gasteiger partial charge in [-0.15, -0.1) is 0 Å². The van der Waals surface area contributed by atoms with Gasteiger partial charge in [0.15, 0.2) is 6.10 Å². The predicted octanol–water partition coefficient (Wildman–Crippen LogP) is 10.3. The maximum absolute atomic E-state index is 11.9. The second-order valence-electron chi connectivity index (χ2n) is 19.4. The number of ether oxygens (including phenoxy) is 4. The van der Waals surface area contributed by atoms with Crippen LogP contribution < -0.4 is 14.2 Å². The SMILES string of the molecule is O=C(O)C1OC(Oc2cc(O)cc(C3c4c(C=Cc5ccc6oc(-c7ccccc7)c(-c7cc(O)cc8c7C(c7cc(O)cc(O)c7)C(c7ccccc7)O8)c6c5)cc(O)cc4OC3c3ccccc3)c2)C(O)C(O)C1O. The summed E-state index contributed by atoms with van der Waals surface area (Å²) in [5.41, 5.74) is 7.76. The third kappa shape index (κ3) is 8.96. The van der Waals surface area contributed by atoms with Crippen molar-refractivity contribution in [2.75, 3.05) is 0 Å². The minimum Gasteiger partial charge on any atom is -0.508 e. The van der Waals surface area contributed by atoms with Crippen LogP contribution in [0.5, 0.6) is 46.0 Å². The number of carboxylic acid groups (broad SMARTS) is 1. The van der Waals surface area contributed by atoms with Crippen LogP contribution in [-0.4, -0.2) is 82.6 Å². The number of fused-ring (bicyclic) bond motifs is 3. The maximum Gasteiger partial charge on any atom is 0.335 e. The van der Waals surface area contributed by atoms with Crippen LogP contribution in [-0.2, 0) is 9.53 Å². The van der Waals surface area contributed by atoms with Crippen LogP contribution in [0.25, 0.3) is 45.6 Å². The molecule has 0 amide bonds. The number of benzene rings is 8. The summed E-state index contributed by atoms with van der Waals surface area (Å²) in [4.78, 5) is 11.9. The highest BCUT2D eigenvalue weighted by Crippen LogP contribution is 2.58. The zero-order chi connectivity index (χ0) is 53.2. The molecule has 9 unspecified atom stereocenters. The van der Waals surface area contributed by atoms with Gasteiger partial charge < -0.3 is 69.3 Å². The monoisotopic (exact) mass is 1030 g/mol. The molecule has 0 saturated carbocycles. The number of phenols is 5. The molecule has 1 fully saturated rings. The lowest BCUT2D eigenvalue weighted by Crippen LogP contribution is -2.61. The molecule has 15 nitrogen and oxygen atoms in total. The highest BCUT2D eigenvalue weighted by atomic mass is 16.7. The van der Waals surface area contributed by atoms with Gasteiger partial charge in [0.25, 0.3) is 0 Å². The van der Waals surface area contributed by atoms with Crippen LogP contribution in [0.15, 0.2) is 174 Å². The molecule has 77 heavy (non-hydrogen) atoms. The topological polar surface area (TPSA) is 249 Å². The highest BCUT2D eigenvalue weighted by molar-refractivity contribution is 6.04. The molecule has 1 aromatic heterocycles. The van der Waals surface area contributed by atoms with Crippen LogP contribution >= 0.6 is 0 Å². The smallest absolute Gasteiger partial charge is 0.335 e. The Bertz CT molecular complexity index is 3730. The number of carboxylic acids is 1. The molecule has 0 radical (unpaired) electrons. The van der Waals surface area contributed by atoms with Gasteiger partial charge in [-0.3, -0.25) is 0 Å². The first-order valence-corrected chi connectivity index (χ1v) is 24.7. The third-order valence-electron chi connectivity index (χ3n) is 14.4. The molecule has 3 aliphatic rings. The summed E-state index contributed by atoms with van der Waals surface area (Å²) >= 11 is 0. The van der Waals surface area contributed by atoms with Crippen molar-refractivity contribution in [3.63, 3.8) is 0 Å². The lowest BCUT2D eigenvalue weighted by molar-refractivity contribution is -0.271. The van der Waals surface area contributed by atoms with Crippen LogP contribution in [0.3, 0.4) is 0 Å². The van der Waals surface area contributed by atoms with E-state index >= 15 is 0 Å². The van der Waals surface area contributed by atoms with Crippen LogP contribution in [0.4, 0.5) is 0 Å². The molecule has 9 N–H and O–H groups in total. The number of aliphatic hydroxyl groups excluding tert-OH is 3. The quantitative estimate of drug-likeness (QED) is 0.0547. The average molecular weight is 1030 g/mol. The van der Waals surface area contributed by atoms with E-state index in [1.807, 2.05) is 121 Å². The minimum atomic E-state index is -1.94. The van der Waals surface area contributed by atoms with Gasteiger partial charge in [0, 0.05) is 51.9 Å². The largest absolute Gasteiger partial charge is 0.508 e. The van der Waals surface area contributed by atoms with Crippen molar-refractivity contribution in [2.45, 2.75) is 54.7 Å². The third-order valence-corrected chi connectivity index (χ3v) is 14.4. The Kier molecular flexibility index (Phi) is 12.3. The van der Waals surface area contributed by atoms with Crippen molar-refractivity contribution in [1.29, 1.82) is 0 Å². The first kappa shape index (κ1) is 48.7. The van der Waals surface area contributed by atoms with Gasteiger partial charge in [-0.25, -0.2) is 4.79 Å². The summed E-state index contributed by atoms with van der Waals surface area (Å²) in [6.07, 6.45) is -7.04. The number of hydrogen-bond acceptors (Lipinski definition) is 14. The summed E-state index contributed by atoms with van der Waals surface area (Å²) in [6, 6.07) is 49.3. The number of aliphatic carboxylic acids is 1. The van der Waals surface area contributed by atoms with E-state index < -0.39 is 60.7 Å². The Morgan fingerprint density at radius 3 is 1.71 bits per heavy atom. The molecule has 12 rings (SSSR count). The van der Waals surface area contributed by atoms with Gasteiger partial charge in [0.05, 0.1) is 11.8 Å². The lowest BCUT2D eigenvalue weighted by Gasteiger charge is -2.38. The summed E-state index contributed by atoms with van der Waals surface area (Å²) in [6.45, 7) is 0. The van der Waals surface area contributed by atoms with Crippen LogP contribution in [0.1, 0.15) is 68.6 Å². The number of aliphatic hydroxyl groups is 3. The standard InChI is InChI=1S/C62H48O15/c63-38-22-36(23-39(64)26-38)51-53-45(28-42(67)30-48(53)76-58(51)33-12-6-2-7-13-33)52-44-20-31(17-19-46(44)74-59(52)34-14-8-3-9-15-34)16-18-35-21-41(66)29-47-49(35)50(57(75-47)32-10-4-1-5-11-32)37-24-40(65)27-43(25-37)73-62-56(70)54(68)55(69)60(77-62)61(71)72/h1-30,50-51,54-58,60,62-70H,(H,71,72). The van der Waals surface area contributed by atoms with Crippen molar-refractivity contribution in [3.8, 4) is 68.4 Å². The highest BCUT2D eigenvalue weighted by Gasteiger charge is 2.49. The average Bonchev–Trinajstić information content (AvgIpc) is 4.32. The zero-order valence-corrected chi connectivity index (χ0v) is 40.5. The summed E-state index contributed by atoms with van der Waals surface area (Å²) in [5.74, 6) is -2.32. The minimum absolute atomic E-state index is 0.0575. The van der Waals surface area contributed by atoms with E-state index in [0.717, 1.165) is 16.7 Å². The maximum atomic E-state index is 11.9. The van der Waals surface area contributed by atoms with Crippen molar-refractivity contribution < 1.29 is 74.1 Å². The fourth-order valence-electron chi connectivity index (χ4n) is 11.0. The van der Waals surface area contributed by atoms with Gasteiger partial charge in [-0.2, -0.15) is 0 Å². The van der Waals surface area contributed by atoms with Gasteiger partial charge in [-0.05, 0) is 87.5 Å². The zero-order valence-electron chi connectivity index (χ0n) is 40.5. The Hall–Kier alpha value is -9.25. The van der Waals surface area contributed by atoms with E-state index in [2.05, 4.69) is 0 Å².